The van der Waals surface area contributed by atoms with Gasteiger partial charge in [0.05, 0.1) is 5.69 Å². The van der Waals surface area contributed by atoms with Gasteiger partial charge in [0, 0.05) is 24.5 Å². The summed E-state index contributed by atoms with van der Waals surface area (Å²) in [7, 11) is 0. The summed E-state index contributed by atoms with van der Waals surface area (Å²) in [5, 5.41) is 11.2. The van der Waals surface area contributed by atoms with Crippen molar-refractivity contribution in [2.45, 2.75) is 6.54 Å². The fourth-order valence-corrected chi connectivity index (χ4v) is 1.64. The van der Waals surface area contributed by atoms with E-state index in [0.717, 1.165) is 4.57 Å². The van der Waals surface area contributed by atoms with E-state index in [-0.39, 0.29) is 6.61 Å². The molecule has 0 saturated carbocycles. The summed E-state index contributed by atoms with van der Waals surface area (Å²) in [6.07, 6.45) is 2.80. The Balaban J connectivity index is 1.96. The third-order valence-electron chi connectivity index (χ3n) is 2.56. The monoisotopic (exact) mass is 303 g/mol. The number of carbonyl (C=O) groups is 2. The fraction of sp³-hybridized carbons (Fsp3) is 0.143. The zero-order valence-corrected chi connectivity index (χ0v) is 11.4. The van der Waals surface area contributed by atoms with Crippen LogP contribution in [-0.2, 0) is 16.1 Å². The van der Waals surface area contributed by atoms with Crippen LogP contribution < -0.4 is 15.6 Å². The number of nitrogens with one attached hydrogen (secondary N) is 1. The van der Waals surface area contributed by atoms with Gasteiger partial charge >= 0.3 is 5.97 Å². The Bertz CT molecular complexity index is 727. The van der Waals surface area contributed by atoms with Crippen LogP contribution in [0.25, 0.3) is 0 Å². The van der Waals surface area contributed by atoms with Gasteiger partial charge in [0.25, 0.3) is 11.5 Å². The molecule has 2 aromatic rings. The molecule has 22 heavy (non-hydrogen) atoms. The van der Waals surface area contributed by atoms with E-state index in [2.05, 4.69) is 10.3 Å². The van der Waals surface area contributed by atoms with Gasteiger partial charge < -0.3 is 19.7 Å². The summed E-state index contributed by atoms with van der Waals surface area (Å²) in [6.45, 7) is -0.734. The highest BCUT2D eigenvalue weighted by Crippen LogP contribution is 2.05. The fourth-order valence-electron chi connectivity index (χ4n) is 1.64. The van der Waals surface area contributed by atoms with E-state index in [1.54, 1.807) is 18.2 Å². The van der Waals surface area contributed by atoms with Gasteiger partial charge in [-0.25, -0.2) is 4.98 Å². The van der Waals surface area contributed by atoms with Crippen molar-refractivity contribution >= 4 is 17.6 Å². The summed E-state index contributed by atoms with van der Waals surface area (Å²) in [5.74, 6) is -1.29. The quantitative estimate of drug-likeness (QED) is 0.796. The minimum absolute atomic E-state index is 0.255. The molecule has 0 atom stereocenters. The Labute approximate surface area is 125 Å². The van der Waals surface area contributed by atoms with Crippen molar-refractivity contribution in [2.75, 3.05) is 11.9 Å². The maximum atomic E-state index is 11.7. The Morgan fingerprint density at radius 2 is 2.09 bits per heavy atom. The van der Waals surface area contributed by atoms with Crippen molar-refractivity contribution in [1.82, 2.24) is 9.55 Å². The van der Waals surface area contributed by atoms with Crippen LogP contribution in [0.5, 0.6) is 5.88 Å². The molecule has 0 fully saturated rings. The number of aromatic nitrogens is 2. The Hall–Kier alpha value is -3.16. The van der Waals surface area contributed by atoms with E-state index < -0.39 is 24.0 Å². The van der Waals surface area contributed by atoms with Gasteiger partial charge in [-0.15, -0.1) is 0 Å². The lowest BCUT2D eigenvalue weighted by Gasteiger charge is -2.08. The molecule has 0 spiro atoms. The second kappa shape index (κ2) is 7.02. The molecule has 0 bridgehead atoms. The first-order chi connectivity index (χ1) is 10.5. The predicted molar refractivity (Wildman–Crippen MR) is 76.7 cm³/mol. The van der Waals surface area contributed by atoms with Gasteiger partial charge in [-0.05, 0) is 12.1 Å². The van der Waals surface area contributed by atoms with Crippen molar-refractivity contribution in [3.05, 3.63) is 53.1 Å². The number of carbonyl (C=O) groups excluding carboxylic acids is 1. The number of aliphatic carboxylic acids is 1. The van der Waals surface area contributed by atoms with Crippen molar-refractivity contribution in [2.24, 2.45) is 0 Å². The van der Waals surface area contributed by atoms with Crippen LogP contribution in [-0.4, -0.2) is 33.1 Å². The SMILES string of the molecule is O=C(O)Cn1cc(NC(=O)COc2ccccn2)ccc1=O. The van der Waals surface area contributed by atoms with Gasteiger partial charge in [-0.2, -0.15) is 0 Å². The van der Waals surface area contributed by atoms with Crippen LogP contribution in [0.3, 0.4) is 0 Å². The van der Waals surface area contributed by atoms with Crippen molar-refractivity contribution < 1.29 is 19.4 Å². The van der Waals surface area contributed by atoms with E-state index >= 15 is 0 Å². The number of carboxylic acid groups (broad SMARTS) is 1. The summed E-state index contributed by atoms with van der Waals surface area (Å²) in [6, 6.07) is 7.62. The van der Waals surface area contributed by atoms with Crippen LogP contribution in [0.4, 0.5) is 5.69 Å². The molecule has 8 nitrogen and oxygen atoms in total. The summed E-state index contributed by atoms with van der Waals surface area (Å²) < 4.78 is 6.16. The molecule has 8 heteroatoms. The zero-order chi connectivity index (χ0) is 15.9. The average molecular weight is 303 g/mol. The maximum absolute atomic E-state index is 11.7. The first kappa shape index (κ1) is 15.2. The highest BCUT2D eigenvalue weighted by Gasteiger charge is 2.07. The van der Waals surface area contributed by atoms with Crippen LogP contribution in [0.15, 0.2) is 47.5 Å². The van der Waals surface area contributed by atoms with E-state index in [4.69, 9.17) is 9.84 Å². The first-order valence-corrected chi connectivity index (χ1v) is 6.30. The predicted octanol–water partition coefficient (Wildman–Crippen LogP) is 0.345. The van der Waals surface area contributed by atoms with E-state index in [9.17, 15) is 14.4 Å². The van der Waals surface area contributed by atoms with Crippen LogP contribution in [0, 0.1) is 0 Å². The normalized spacial score (nSPS) is 10.0. The number of amides is 1. The molecule has 0 aromatic carbocycles. The van der Waals surface area contributed by atoms with Crippen LogP contribution in [0.2, 0.25) is 0 Å². The van der Waals surface area contributed by atoms with Gasteiger partial charge in [0.15, 0.2) is 6.61 Å². The van der Waals surface area contributed by atoms with Crippen LogP contribution in [0.1, 0.15) is 0 Å². The number of carboxylic acids is 1. The lowest BCUT2D eigenvalue weighted by Crippen LogP contribution is -2.25. The lowest BCUT2D eigenvalue weighted by molar-refractivity contribution is -0.137. The number of anilines is 1. The molecule has 0 aliphatic heterocycles. The third-order valence-corrected chi connectivity index (χ3v) is 2.56. The molecule has 2 aromatic heterocycles. The van der Waals surface area contributed by atoms with E-state index in [1.807, 2.05) is 0 Å². The number of nitrogens with zero attached hydrogens (tertiary/aromatic N) is 2. The molecule has 2 rings (SSSR count). The summed E-state index contributed by atoms with van der Waals surface area (Å²) in [4.78, 5) is 37.7. The zero-order valence-electron chi connectivity index (χ0n) is 11.4. The van der Waals surface area contributed by atoms with Crippen molar-refractivity contribution in [3.8, 4) is 5.88 Å². The van der Waals surface area contributed by atoms with E-state index in [1.165, 1.54) is 24.5 Å². The summed E-state index contributed by atoms with van der Waals surface area (Å²) in [5.41, 5.74) is -0.166. The molecule has 0 saturated heterocycles. The van der Waals surface area contributed by atoms with E-state index in [0.29, 0.717) is 11.6 Å². The number of pyridine rings is 2. The van der Waals surface area contributed by atoms with Gasteiger partial charge in [0.2, 0.25) is 5.88 Å². The number of rotatable bonds is 6. The Morgan fingerprint density at radius 1 is 1.27 bits per heavy atom. The second-order valence-electron chi connectivity index (χ2n) is 4.28. The molecule has 0 aliphatic carbocycles. The van der Waals surface area contributed by atoms with Crippen molar-refractivity contribution in [3.63, 3.8) is 0 Å². The lowest BCUT2D eigenvalue weighted by atomic mass is 10.4. The first-order valence-electron chi connectivity index (χ1n) is 6.30. The van der Waals surface area contributed by atoms with Crippen molar-refractivity contribution in [1.29, 1.82) is 0 Å². The Morgan fingerprint density at radius 3 is 2.77 bits per heavy atom. The highest BCUT2D eigenvalue weighted by molar-refractivity contribution is 5.91. The topological polar surface area (TPSA) is 111 Å². The standard InChI is InChI=1S/C14H13N3O5/c18-11(9-22-12-3-1-2-6-15-12)16-10-4-5-13(19)17(7-10)8-14(20)21/h1-7H,8-9H2,(H,16,18)(H,20,21). The molecule has 114 valence electrons. The number of ether oxygens (including phenoxy) is 1. The molecule has 2 heterocycles. The van der Waals surface area contributed by atoms with Gasteiger partial charge in [-0.1, -0.05) is 6.07 Å². The third kappa shape index (κ3) is 4.44. The second-order valence-corrected chi connectivity index (χ2v) is 4.28. The molecule has 0 radical (unpaired) electrons. The molecule has 0 aliphatic rings. The molecular weight excluding hydrogens is 290 g/mol. The number of hydrogen-bond donors (Lipinski definition) is 2. The minimum Gasteiger partial charge on any atom is -0.480 e. The molecule has 2 N–H and O–H groups in total. The molecular formula is C14H13N3O5. The molecule has 1 amide bonds. The largest absolute Gasteiger partial charge is 0.480 e. The van der Waals surface area contributed by atoms with Gasteiger partial charge in [0.1, 0.15) is 6.54 Å². The highest BCUT2D eigenvalue weighted by atomic mass is 16.5. The number of hydrogen-bond acceptors (Lipinski definition) is 5. The maximum Gasteiger partial charge on any atom is 0.323 e. The van der Waals surface area contributed by atoms with Crippen LogP contribution >= 0.6 is 0 Å². The van der Waals surface area contributed by atoms with Gasteiger partial charge in [-0.3, -0.25) is 14.4 Å². The molecule has 0 unspecified atom stereocenters. The summed E-state index contributed by atoms with van der Waals surface area (Å²) >= 11 is 0. The smallest absolute Gasteiger partial charge is 0.323 e. The minimum atomic E-state index is -1.15. The average Bonchev–Trinajstić information content (AvgIpc) is 2.49. The Kier molecular flexibility index (Phi) is 4.86.